The van der Waals surface area contributed by atoms with Crippen molar-refractivity contribution in [1.82, 2.24) is 24.9 Å². The van der Waals surface area contributed by atoms with Crippen molar-refractivity contribution in [3.63, 3.8) is 0 Å². The summed E-state index contributed by atoms with van der Waals surface area (Å²) >= 11 is 0. The lowest BCUT2D eigenvalue weighted by Crippen LogP contribution is -2.23. The molecular formula is C22H23F3N6O3. The molecule has 0 aliphatic heterocycles. The van der Waals surface area contributed by atoms with Crippen LogP contribution in [-0.2, 0) is 30.6 Å². The third kappa shape index (κ3) is 7.02. The molecule has 0 unspecified atom stereocenters. The number of halogens is 3. The molecule has 2 heterocycles. The van der Waals surface area contributed by atoms with Gasteiger partial charge in [-0.3, -0.25) is 19.1 Å². The van der Waals surface area contributed by atoms with Crippen LogP contribution in [0.3, 0.4) is 0 Å². The van der Waals surface area contributed by atoms with E-state index >= 15 is 0 Å². The molecule has 3 rings (SSSR count). The molecule has 180 valence electrons. The van der Waals surface area contributed by atoms with Gasteiger partial charge in [-0.25, -0.2) is 0 Å². The molecule has 0 radical (unpaired) electrons. The second-order valence-corrected chi connectivity index (χ2v) is 7.58. The molecule has 12 heteroatoms. The molecule has 3 aromatic rings. The van der Waals surface area contributed by atoms with Gasteiger partial charge in [0, 0.05) is 44.5 Å². The van der Waals surface area contributed by atoms with Crippen molar-refractivity contribution in [2.24, 2.45) is 0 Å². The predicted octanol–water partition coefficient (Wildman–Crippen LogP) is 2.83. The number of alkyl halides is 3. The summed E-state index contributed by atoms with van der Waals surface area (Å²) in [5, 5.41) is 12.8. The summed E-state index contributed by atoms with van der Waals surface area (Å²) < 4.78 is 41.4. The molecule has 0 saturated carbocycles. The first-order valence-corrected chi connectivity index (χ1v) is 10.4. The maximum Gasteiger partial charge on any atom is 0.416 e. The molecule has 0 atom stereocenters. The molecule has 34 heavy (non-hydrogen) atoms. The zero-order valence-electron chi connectivity index (χ0n) is 18.3. The Morgan fingerprint density at radius 3 is 2.56 bits per heavy atom. The van der Waals surface area contributed by atoms with Crippen LogP contribution in [0.1, 0.15) is 41.4 Å². The lowest BCUT2D eigenvalue weighted by molar-refractivity contribution is -0.137. The fraction of sp³-hybridized carbons (Fsp3) is 0.318. The lowest BCUT2D eigenvalue weighted by atomic mass is 10.1. The topological polar surface area (TPSA) is 111 Å². The van der Waals surface area contributed by atoms with E-state index in [4.69, 9.17) is 0 Å². The second kappa shape index (κ2) is 10.8. The van der Waals surface area contributed by atoms with Crippen LogP contribution in [0.5, 0.6) is 0 Å². The van der Waals surface area contributed by atoms with Gasteiger partial charge in [-0.15, -0.1) is 5.10 Å². The summed E-state index contributed by atoms with van der Waals surface area (Å²) in [5.74, 6) is -0.803. The Morgan fingerprint density at radius 1 is 1.09 bits per heavy atom. The first-order chi connectivity index (χ1) is 16.1. The number of hydrogen-bond acceptors (Lipinski definition) is 5. The minimum Gasteiger partial charge on any atom is -0.347 e. The summed E-state index contributed by atoms with van der Waals surface area (Å²) in [7, 11) is 0. The number of amides is 2. The molecule has 0 saturated heterocycles. The summed E-state index contributed by atoms with van der Waals surface area (Å²) in [6.45, 7) is 2.22. The van der Waals surface area contributed by atoms with Gasteiger partial charge in [0.1, 0.15) is 0 Å². The van der Waals surface area contributed by atoms with Gasteiger partial charge >= 0.3 is 6.18 Å². The largest absolute Gasteiger partial charge is 0.416 e. The van der Waals surface area contributed by atoms with Gasteiger partial charge < -0.3 is 15.2 Å². The van der Waals surface area contributed by atoms with Crippen LogP contribution in [0.2, 0.25) is 0 Å². The van der Waals surface area contributed by atoms with Crippen molar-refractivity contribution >= 4 is 17.5 Å². The number of aromatic nitrogens is 4. The highest BCUT2D eigenvalue weighted by Gasteiger charge is 2.30. The highest BCUT2D eigenvalue weighted by atomic mass is 19.4. The van der Waals surface area contributed by atoms with E-state index in [1.165, 1.54) is 40.6 Å². The number of rotatable bonds is 9. The Labute approximate surface area is 192 Å². The standard InChI is InChI=1S/C22H23F3N6O3/c1-15(32)27-18-7-10-30(20(33)12-18)8-2-3-9-31-14-19(28-29-31)21(34)26-13-16-5-4-6-17(11-16)22(23,24)25/h4-7,10-12,14H,2-3,8-9,13H2,1H3,(H,26,34)(H,27,32). The molecular weight excluding hydrogens is 453 g/mol. The van der Waals surface area contributed by atoms with Gasteiger partial charge in [-0.2, -0.15) is 13.2 Å². The number of aryl methyl sites for hydroxylation is 2. The summed E-state index contributed by atoms with van der Waals surface area (Å²) in [4.78, 5) is 35.4. The van der Waals surface area contributed by atoms with Crippen LogP contribution in [0, 0.1) is 0 Å². The Hall–Kier alpha value is -3.96. The maximum absolute atomic E-state index is 12.8. The fourth-order valence-corrected chi connectivity index (χ4v) is 3.17. The third-order valence-electron chi connectivity index (χ3n) is 4.83. The number of nitrogens with one attached hydrogen (secondary N) is 2. The second-order valence-electron chi connectivity index (χ2n) is 7.58. The average Bonchev–Trinajstić information content (AvgIpc) is 3.24. The predicted molar refractivity (Wildman–Crippen MR) is 117 cm³/mol. The number of nitrogens with zero attached hydrogens (tertiary/aromatic N) is 4. The molecule has 9 nitrogen and oxygen atoms in total. The molecule has 1 aromatic carbocycles. The number of benzene rings is 1. The summed E-state index contributed by atoms with van der Waals surface area (Å²) in [6.07, 6.45) is -0.0662. The maximum atomic E-state index is 12.8. The number of carbonyl (C=O) groups is 2. The lowest BCUT2D eigenvalue weighted by Gasteiger charge is -2.09. The van der Waals surface area contributed by atoms with E-state index < -0.39 is 17.6 Å². The molecule has 0 bridgehead atoms. The van der Waals surface area contributed by atoms with Gasteiger partial charge in [0.2, 0.25) is 5.91 Å². The molecule has 0 aliphatic carbocycles. The summed E-state index contributed by atoms with van der Waals surface area (Å²) in [6, 6.07) is 7.72. The van der Waals surface area contributed by atoms with Gasteiger partial charge in [0.05, 0.1) is 11.8 Å². The van der Waals surface area contributed by atoms with Crippen molar-refractivity contribution in [3.05, 3.63) is 76.0 Å². The van der Waals surface area contributed by atoms with Crippen LogP contribution >= 0.6 is 0 Å². The van der Waals surface area contributed by atoms with Crippen molar-refractivity contribution < 1.29 is 22.8 Å². The van der Waals surface area contributed by atoms with Crippen LogP contribution < -0.4 is 16.2 Å². The molecule has 2 aromatic heterocycles. The zero-order valence-corrected chi connectivity index (χ0v) is 18.3. The molecule has 2 amide bonds. The fourth-order valence-electron chi connectivity index (χ4n) is 3.17. The van der Waals surface area contributed by atoms with Crippen LogP contribution in [0.25, 0.3) is 0 Å². The first kappa shape index (κ1) is 24.7. The number of carbonyl (C=O) groups excluding carboxylic acids is 2. The van der Waals surface area contributed by atoms with E-state index in [2.05, 4.69) is 20.9 Å². The normalized spacial score (nSPS) is 11.3. The monoisotopic (exact) mass is 476 g/mol. The van der Waals surface area contributed by atoms with E-state index in [9.17, 15) is 27.6 Å². The molecule has 0 spiro atoms. The van der Waals surface area contributed by atoms with Crippen molar-refractivity contribution in [1.29, 1.82) is 0 Å². The SMILES string of the molecule is CC(=O)Nc1ccn(CCCCn2cc(C(=O)NCc3cccc(C(F)(F)F)c3)nn2)c(=O)c1. The van der Waals surface area contributed by atoms with Crippen molar-refractivity contribution in [2.45, 2.75) is 45.6 Å². The summed E-state index contributed by atoms with van der Waals surface area (Å²) in [5.41, 5.74) is -0.203. The Kier molecular flexibility index (Phi) is 7.82. The highest BCUT2D eigenvalue weighted by Crippen LogP contribution is 2.29. The number of hydrogen-bond donors (Lipinski definition) is 2. The average molecular weight is 476 g/mol. The molecule has 0 fully saturated rings. The van der Waals surface area contributed by atoms with Gasteiger partial charge in [-0.05, 0) is 36.6 Å². The minimum absolute atomic E-state index is 0.0526. The van der Waals surface area contributed by atoms with Crippen LogP contribution in [0.15, 0.2) is 53.6 Å². The smallest absolute Gasteiger partial charge is 0.347 e. The van der Waals surface area contributed by atoms with E-state index in [1.54, 1.807) is 12.3 Å². The minimum atomic E-state index is -4.45. The Bertz CT molecular complexity index is 1220. The van der Waals surface area contributed by atoms with E-state index in [0.717, 1.165) is 12.1 Å². The van der Waals surface area contributed by atoms with Crippen molar-refractivity contribution in [2.75, 3.05) is 5.32 Å². The Morgan fingerprint density at radius 2 is 1.85 bits per heavy atom. The quantitative estimate of drug-likeness (QED) is 0.462. The molecule has 2 N–H and O–H groups in total. The molecule has 0 aliphatic rings. The number of pyridine rings is 1. The van der Waals surface area contributed by atoms with Crippen LogP contribution in [0.4, 0.5) is 18.9 Å². The van der Waals surface area contributed by atoms with E-state index in [-0.39, 0.29) is 23.7 Å². The van der Waals surface area contributed by atoms with Gasteiger partial charge in [-0.1, -0.05) is 17.3 Å². The zero-order chi connectivity index (χ0) is 24.7. The Balaban J connectivity index is 1.45. The third-order valence-corrected chi connectivity index (χ3v) is 4.83. The van der Waals surface area contributed by atoms with E-state index in [1.807, 2.05) is 0 Å². The first-order valence-electron chi connectivity index (χ1n) is 10.4. The van der Waals surface area contributed by atoms with Gasteiger partial charge in [0.15, 0.2) is 5.69 Å². The van der Waals surface area contributed by atoms with Gasteiger partial charge in [0.25, 0.3) is 11.5 Å². The highest BCUT2D eigenvalue weighted by molar-refractivity contribution is 5.91. The number of unbranched alkanes of at least 4 members (excludes halogenated alkanes) is 1. The number of anilines is 1. The van der Waals surface area contributed by atoms with E-state index in [0.29, 0.717) is 37.2 Å². The van der Waals surface area contributed by atoms with Crippen LogP contribution in [-0.4, -0.2) is 31.4 Å². The van der Waals surface area contributed by atoms with Crippen molar-refractivity contribution in [3.8, 4) is 0 Å².